The molecule has 0 saturated heterocycles. The van der Waals surface area contributed by atoms with E-state index in [0.29, 0.717) is 0 Å². The van der Waals surface area contributed by atoms with Crippen molar-refractivity contribution in [1.82, 2.24) is 0 Å². The van der Waals surface area contributed by atoms with Gasteiger partial charge in [-0.15, -0.1) is 0 Å². The molecular formula is C8H7BrClFO3S. The summed E-state index contributed by atoms with van der Waals surface area (Å²) in [5.41, 5.74) is 0.0387. The lowest BCUT2D eigenvalue weighted by Crippen LogP contribution is -2.00. The van der Waals surface area contributed by atoms with Crippen molar-refractivity contribution < 1.29 is 17.9 Å². The molecule has 1 rings (SSSR count). The first-order valence-electron chi connectivity index (χ1n) is 3.81. The van der Waals surface area contributed by atoms with Crippen molar-refractivity contribution in [1.29, 1.82) is 0 Å². The van der Waals surface area contributed by atoms with Crippen LogP contribution in [-0.2, 0) is 14.8 Å². The van der Waals surface area contributed by atoms with E-state index in [2.05, 4.69) is 15.9 Å². The maximum Gasteiger partial charge on any atom is 0.236 e. The second-order valence-corrected chi connectivity index (χ2v) is 6.61. The number of aromatic hydroxyl groups is 1. The Morgan fingerprint density at radius 3 is 2.60 bits per heavy atom. The molecule has 3 nitrogen and oxygen atoms in total. The Hall–Kier alpha value is -0.330. The van der Waals surface area contributed by atoms with E-state index in [4.69, 9.17) is 10.7 Å². The molecule has 15 heavy (non-hydrogen) atoms. The van der Waals surface area contributed by atoms with Gasteiger partial charge in [0, 0.05) is 16.2 Å². The van der Waals surface area contributed by atoms with Crippen LogP contribution in [0.2, 0.25) is 0 Å². The lowest BCUT2D eigenvalue weighted by atomic mass is 10.1. The molecule has 0 fully saturated rings. The second kappa shape index (κ2) is 4.27. The largest absolute Gasteiger partial charge is 0.506 e. The molecule has 1 aromatic carbocycles. The third-order valence-corrected chi connectivity index (χ3v) is 3.46. The summed E-state index contributed by atoms with van der Waals surface area (Å²) in [6.07, 6.45) is 0. The minimum absolute atomic E-state index is 0.0307. The molecule has 0 bridgehead atoms. The molecule has 0 aliphatic heterocycles. The Morgan fingerprint density at radius 1 is 1.60 bits per heavy atom. The lowest BCUT2D eigenvalue weighted by Gasteiger charge is -2.09. The monoisotopic (exact) mass is 316 g/mol. The van der Waals surface area contributed by atoms with E-state index in [-0.39, 0.29) is 21.3 Å². The Labute approximate surface area is 99.4 Å². The summed E-state index contributed by atoms with van der Waals surface area (Å²) in [5, 5.41) is 9.53. The maximum atomic E-state index is 13.2. The van der Waals surface area contributed by atoms with Crippen molar-refractivity contribution in [3.8, 4) is 5.75 Å². The summed E-state index contributed by atoms with van der Waals surface area (Å²) in [5.74, 6) is -1.52. The van der Waals surface area contributed by atoms with Gasteiger partial charge in [-0.3, -0.25) is 0 Å². The fraction of sp³-hybridized carbons (Fsp3) is 0.250. The van der Waals surface area contributed by atoms with Crippen molar-refractivity contribution in [2.45, 2.75) is 12.7 Å². The van der Waals surface area contributed by atoms with Crippen LogP contribution in [0.3, 0.4) is 0 Å². The first kappa shape index (κ1) is 12.7. The van der Waals surface area contributed by atoms with Crippen molar-refractivity contribution >= 4 is 35.7 Å². The van der Waals surface area contributed by atoms with Crippen LogP contribution in [0.25, 0.3) is 0 Å². The van der Waals surface area contributed by atoms with Crippen LogP contribution in [0.5, 0.6) is 5.75 Å². The highest BCUT2D eigenvalue weighted by Crippen LogP contribution is 2.33. The molecule has 0 saturated carbocycles. The van der Waals surface area contributed by atoms with Gasteiger partial charge >= 0.3 is 0 Å². The van der Waals surface area contributed by atoms with E-state index in [0.717, 1.165) is 6.07 Å². The molecule has 84 valence electrons. The molecule has 0 atom stereocenters. The first-order valence-corrected chi connectivity index (χ1v) is 7.08. The van der Waals surface area contributed by atoms with Crippen LogP contribution in [-0.4, -0.2) is 13.5 Å². The summed E-state index contributed by atoms with van der Waals surface area (Å²) in [4.78, 5) is 0. The fourth-order valence-corrected chi connectivity index (χ4v) is 2.57. The van der Waals surface area contributed by atoms with Crippen LogP contribution < -0.4 is 0 Å². The second-order valence-electron chi connectivity index (χ2n) is 2.98. The van der Waals surface area contributed by atoms with Gasteiger partial charge in [-0.05, 0) is 34.5 Å². The molecule has 7 heteroatoms. The number of hydrogen-bond acceptors (Lipinski definition) is 3. The highest BCUT2D eigenvalue weighted by atomic mass is 79.9. The topological polar surface area (TPSA) is 54.4 Å². The number of rotatable bonds is 2. The molecule has 1 aromatic rings. The average Bonchev–Trinajstić information content (AvgIpc) is 2.08. The van der Waals surface area contributed by atoms with E-state index in [9.17, 15) is 17.9 Å². The minimum atomic E-state index is -3.83. The molecule has 1 N–H and O–H groups in total. The molecule has 0 amide bonds. The smallest absolute Gasteiger partial charge is 0.236 e. The average molecular weight is 318 g/mol. The van der Waals surface area contributed by atoms with Gasteiger partial charge < -0.3 is 5.11 Å². The van der Waals surface area contributed by atoms with Crippen LogP contribution in [0.15, 0.2) is 10.5 Å². The van der Waals surface area contributed by atoms with Gasteiger partial charge in [-0.25, -0.2) is 12.8 Å². The molecule has 0 heterocycles. The summed E-state index contributed by atoms with van der Waals surface area (Å²) in [6, 6.07) is 1.06. The number of benzene rings is 1. The van der Waals surface area contributed by atoms with E-state index >= 15 is 0 Å². The Bertz CT molecular complexity index is 475. The van der Waals surface area contributed by atoms with E-state index < -0.39 is 20.6 Å². The normalized spacial score (nSPS) is 11.7. The predicted octanol–water partition coefficient (Wildman–Crippen LogP) is 2.67. The fourth-order valence-electron chi connectivity index (χ4n) is 1.10. The van der Waals surface area contributed by atoms with Gasteiger partial charge in [0.05, 0.1) is 10.2 Å². The van der Waals surface area contributed by atoms with Gasteiger partial charge in [0.15, 0.2) is 0 Å². The Balaban J connectivity index is 3.40. The highest BCUT2D eigenvalue weighted by Gasteiger charge is 2.18. The zero-order chi connectivity index (χ0) is 11.8. The Kier molecular flexibility index (Phi) is 3.63. The summed E-state index contributed by atoms with van der Waals surface area (Å²) < 4.78 is 35.0. The van der Waals surface area contributed by atoms with Gasteiger partial charge in [0.2, 0.25) is 9.05 Å². The van der Waals surface area contributed by atoms with Crippen molar-refractivity contribution in [2.24, 2.45) is 0 Å². The van der Waals surface area contributed by atoms with E-state index in [1.807, 2.05) is 0 Å². The van der Waals surface area contributed by atoms with Crippen molar-refractivity contribution in [2.75, 3.05) is 0 Å². The van der Waals surface area contributed by atoms with Crippen molar-refractivity contribution in [3.63, 3.8) is 0 Å². The highest BCUT2D eigenvalue weighted by molar-refractivity contribution is 9.10. The number of hydrogen-bond donors (Lipinski definition) is 1. The molecular weight excluding hydrogens is 311 g/mol. The lowest BCUT2D eigenvalue weighted by molar-refractivity contribution is 0.462. The van der Waals surface area contributed by atoms with Crippen LogP contribution in [0.1, 0.15) is 11.1 Å². The standard InChI is InChI=1S/C8H7BrClFO3S/c1-4-5(3-15(10,13)14)8(12)6(9)2-7(4)11/h2,12H,3H2,1H3. The Morgan fingerprint density at radius 2 is 2.13 bits per heavy atom. The van der Waals surface area contributed by atoms with Crippen molar-refractivity contribution in [3.05, 3.63) is 27.5 Å². The summed E-state index contributed by atoms with van der Waals surface area (Å²) >= 11 is 2.91. The molecule has 0 radical (unpaired) electrons. The molecule has 0 aliphatic carbocycles. The molecule has 0 aliphatic rings. The zero-order valence-electron chi connectivity index (χ0n) is 7.59. The quantitative estimate of drug-likeness (QED) is 0.853. The maximum absolute atomic E-state index is 13.2. The third-order valence-electron chi connectivity index (χ3n) is 1.89. The van der Waals surface area contributed by atoms with Gasteiger partial charge in [0.1, 0.15) is 11.6 Å². The molecule has 0 unspecified atom stereocenters. The van der Waals surface area contributed by atoms with Gasteiger partial charge in [-0.1, -0.05) is 0 Å². The number of phenolic OH excluding ortho intramolecular Hbond substituents is 1. The number of phenols is 1. The molecule has 0 aromatic heterocycles. The van der Waals surface area contributed by atoms with E-state index in [1.54, 1.807) is 0 Å². The van der Waals surface area contributed by atoms with Crippen LogP contribution in [0.4, 0.5) is 4.39 Å². The summed E-state index contributed by atoms with van der Waals surface area (Å²) in [6.45, 7) is 1.37. The first-order chi connectivity index (χ1) is 6.72. The van der Waals surface area contributed by atoms with Gasteiger partial charge in [0.25, 0.3) is 0 Å². The number of halogens is 3. The minimum Gasteiger partial charge on any atom is -0.506 e. The van der Waals surface area contributed by atoms with E-state index in [1.165, 1.54) is 6.92 Å². The van der Waals surface area contributed by atoms with Gasteiger partial charge in [-0.2, -0.15) is 0 Å². The van der Waals surface area contributed by atoms with Crippen LogP contribution >= 0.6 is 26.6 Å². The third kappa shape index (κ3) is 3.06. The zero-order valence-corrected chi connectivity index (χ0v) is 10.7. The van der Waals surface area contributed by atoms with Crippen LogP contribution in [0, 0.1) is 12.7 Å². The SMILES string of the molecule is Cc1c(F)cc(Br)c(O)c1CS(=O)(=O)Cl. The summed E-state index contributed by atoms with van der Waals surface area (Å²) in [7, 11) is 1.21. The molecule has 0 spiro atoms. The predicted molar refractivity (Wildman–Crippen MR) is 59.0 cm³/mol.